The van der Waals surface area contributed by atoms with E-state index in [0.29, 0.717) is 0 Å². The van der Waals surface area contributed by atoms with Crippen molar-refractivity contribution in [2.45, 2.75) is 13.8 Å². The predicted molar refractivity (Wildman–Crippen MR) is 36.8 cm³/mol. The fraction of sp³-hybridized carbons (Fsp3) is 0.250. The van der Waals surface area contributed by atoms with Gasteiger partial charge in [0, 0.05) is 13.8 Å². The number of hydrogen-bond donors (Lipinski definition) is 0. The Bertz CT molecular complexity index is 220. The van der Waals surface area contributed by atoms with Crippen molar-refractivity contribution in [3.05, 3.63) is 0 Å². The Morgan fingerprint density at radius 2 is 1.10 bits per heavy atom. The van der Waals surface area contributed by atoms with Gasteiger partial charge in [-0.3, -0.25) is 0 Å². The van der Waals surface area contributed by atoms with E-state index in [-0.39, 0.29) is 0 Å². The van der Waals surface area contributed by atoms with Gasteiger partial charge >= 0.3 is 0 Å². The minimum Gasteiger partial charge on any atom is -0.353 e. The van der Waals surface area contributed by atoms with Crippen LogP contribution in [0, 0.1) is 36.3 Å². The monoisotopic (exact) mass is 134 g/mol. The lowest BCUT2D eigenvalue weighted by Gasteiger charge is -1.74. The summed E-state index contributed by atoms with van der Waals surface area (Å²) in [5.74, 6) is 4.98. The molecule has 0 spiro atoms. The highest BCUT2D eigenvalue weighted by Gasteiger charge is 1.63. The predicted octanol–water partition coefficient (Wildman–Crippen LogP) is 0.900. The Morgan fingerprint density at radius 3 is 1.40 bits per heavy atom. The van der Waals surface area contributed by atoms with E-state index in [2.05, 4.69) is 45.7 Å². The summed E-state index contributed by atoms with van der Waals surface area (Å²) < 4.78 is 8.83. The van der Waals surface area contributed by atoms with Gasteiger partial charge in [-0.2, -0.15) is 0 Å². The first kappa shape index (κ1) is 8.28. The van der Waals surface area contributed by atoms with E-state index < -0.39 is 0 Å². The Hall–Kier alpha value is -1.72. The average Bonchev–Trinajstić information content (AvgIpc) is 1.97. The molecule has 0 saturated carbocycles. The smallest absolute Gasteiger partial charge is 0.175 e. The molecule has 0 aromatic carbocycles. The van der Waals surface area contributed by atoms with Gasteiger partial charge in [0.05, 0.1) is 0 Å². The fourth-order valence-corrected chi connectivity index (χ4v) is 0.195. The summed E-state index contributed by atoms with van der Waals surface area (Å²) in [6, 6.07) is 0. The third-order valence-electron chi connectivity index (χ3n) is 0.450. The molecule has 0 bridgehead atoms. The van der Waals surface area contributed by atoms with Crippen LogP contribution in [0.4, 0.5) is 0 Å². The van der Waals surface area contributed by atoms with Crippen LogP contribution >= 0.6 is 0 Å². The molecule has 0 aromatic heterocycles. The van der Waals surface area contributed by atoms with Gasteiger partial charge in [-0.05, 0) is 0 Å². The zero-order chi connectivity index (χ0) is 7.66. The summed E-state index contributed by atoms with van der Waals surface area (Å²) >= 11 is 0. The highest BCUT2D eigenvalue weighted by molar-refractivity contribution is 4.96. The molecular formula is C8H6O2. The van der Waals surface area contributed by atoms with Crippen molar-refractivity contribution in [1.82, 2.24) is 0 Å². The molecule has 10 heavy (non-hydrogen) atoms. The highest BCUT2D eigenvalue weighted by Crippen LogP contribution is 1.65. The zero-order valence-electron chi connectivity index (χ0n) is 5.82. The van der Waals surface area contributed by atoms with Gasteiger partial charge in [0.1, 0.15) is 12.2 Å². The highest BCUT2D eigenvalue weighted by atomic mass is 16.5. The van der Waals surface area contributed by atoms with Crippen molar-refractivity contribution >= 4 is 0 Å². The van der Waals surface area contributed by atoms with Crippen molar-refractivity contribution in [3.63, 3.8) is 0 Å². The van der Waals surface area contributed by atoms with Crippen molar-refractivity contribution in [3.8, 4) is 36.3 Å². The molecule has 0 unspecified atom stereocenters. The van der Waals surface area contributed by atoms with Crippen molar-refractivity contribution < 1.29 is 9.47 Å². The maximum atomic E-state index is 4.41. The van der Waals surface area contributed by atoms with Gasteiger partial charge in [0.25, 0.3) is 0 Å². The van der Waals surface area contributed by atoms with E-state index in [0.717, 1.165) is 0 Å². The lowest BCUT2D eigenvalue weighted by Crippen LogP contribution is -1.68. The summed E-state index contributed by atoms with van der Waals surface area (Å²) in [6.45, 7) is 3.29. The minimum absolute atomic E-state index is 1.65. The van der Waals surface area contributed by atoms with Gasteiger partial charge in [-0.15, -0.1) is 0 Å². The molecule has 0 atom stereocenters. The summed E-state index contributed by atoms with van der Waals surface area (Å²) in [4.78, 5) is 0. The van der Waals surface area contributed by atoms with Crippen LogP contribution in [0.2, 0.25) is 0 Å². The first-order chi connectivity index (χ1) is 4.91. The minimum atomic E-state index is 1.65. The lowest BCUT2D eigenvalue weighted by atomic mass is 10.8. The molecule has 2 heteroatoms. The Labute approximate surface area is 60.5 Å². The molecule has 0 aliphatic heterocycles. The Kier molecular flexibility index (Phi) is 6.03. The molecule has 0 aliphatic carbocycles. The summed E-state index contributed by atoms with van der Waals surface area (Å²) in [7, 11) is 0. The van der Waals surface area contributed by atoms with Crippen LogP contribution in [-0.2, 0) is 9.47 Å². The zero-order valence-corrected chi connectivity index (χ0v) is 5.82. The van der Waals surface area contributed by atoms with Crippen molar-refractivity contribution in [2.24, 2.45) is 0 Å². The summed E-state index contributed by atoms with van der Waals surface area (Å²) in [5.41, 5.74) is 0. The number of ether oxygens (including phenoxy) is 2. The third-order valence-corrected chi connectivity index (χ3v) is 0.450. The van der Waals surface area contributed by atoms with E-state index in [1.54, 1.807) is 13.8 Å². The molecule has 0 heterocycles. The van der Waals surface area contributed by atoms with Crippen LogP contribution < -0.4 is 0 Å². The second kappa shape index (κ2) is 7.28. The molecule has 0 aromatic rings. The largest absolute Gasteiger partial charge is 0.353 e. The van der Waals surface area contributed by atoms with Gasteiger partial charge in [-0.1, -0.05) is 11.8 Å². The Morgan fingerprint density at radius 1 is 0.700 bits per heavy atom. The second-order valence-electron chi connectivity index (χ2n) is 1.11. The topological polar surface area (TPSA) is 18.5 Å². The molecule has 50 valence electrons. The average molecular weight is 134 g/mol. The number of hydrogen-bond acceptors (Lipinski definition) is 2. The van der Waals surface area contributed by atoms with Crippen LogP contribution in [0.25, 0.3) is 0 Å². The molecule has 0 saturated heterocycles. The molecule has 0 N–H and O–H groups in total. The van der Waals surface area contributed by atoms with E-state index in [9.17, 15) is 0 Å². The first-order valence-corrected chi connectivity index (χ1v) is 2.57. The maximum absolute atomic E-state index is 4.41. The summed E-state index contributed by atoms with van der Waals surface area (Å²) in [5, 5.41) is 0. The maximum Gasteiger partial charge on any atom is 0.175 e. The Balaban J connectivity index is 3.44. The SMILES string of the molecule is CC#COC#COC#CC. The van der Waals surface area contributed by atoms with Crippen molar-refractivity contribution in [1.29, 1.82) is 0 Å². The van der Waals surface area contributed by atoms with Crippen LogP contribution in [0.5, 0.6) is 0 Å². The van der Waals surface area contributed by atoms with E-state index in [4.69, 9.17) is 0 Å². The molecule has 0 radical (unpaired) electrons. The number of rotatable bonds is 0. The van der Waals surface area contributed by atoms with Gasteiger partial charge in [-0.25, -0.2) is 0 Å². The van der Waals surface area contributed by atoms with Gasteiger partial charge < -0.3 is 9.47 Å². The van der Waals surface area contributed by atoms with Crippen LogP contribution in [-0.4, -0.2) is 0 Å². The molecular weight excluding hydrogens is 128 g/mol. The first-order valence-electron chi connectivity index (χ1n) is 2.57. The standard InChI is InChI=1S/C8H6O2/c1-3-5-9-7-8-10-6-4-2/h1-2H3. The lowest BCUT2D eigenvalue weighted by molar-refractivity contribution is 0.438. The fourth-order valence-electron chi connectivity index (χ4n) is 0.195. The summed E-state index contributed by atoms with van der Waals surface area (Å²) in [6.07, 6.45) is 8.89. The molecule has 0 fully saturated rings. The van der Waals surface area contributed by atoms with E-state index in [1.807, 2.05) is 0 Å². The molecule has 2 nitrogen and oxygen atoms in total. The molecule has 0 rings (SSSR count). The quantitative estimate of drug-likeness (QED) is 0.458. The van der Waals surface area contributed by atoms with E-state index >= 15 is 0 Å². The second-order valence-corrected chi connectivity index (χ2v) is 1.11. The van der Waals surface area contributed by atoms with Gasteiger partial charge in [0.2, 0.25) is 0 Å². The van der Waals surface area contributed by atoms with E-state index in [1.165, 1.54) is 0 Å². The van der Waals surface area contributed by atoms with Gasteiger partial charge in [0.15, 0.2) is 12.2 Å². The van der Waals surface area contributed by atoms with Crippen molar-refractivity contribution in [2.75, 3.05) is 0 Å². The molecule has 0 amide bonds. The normalized spacial score (nSPS) is 4.60. The van der Waals surface area contributed by atoms with Crippen LogP contribution in [0.15, 0.2) is 0 Å². The third kappa shape index (κ3) is 6.28. The molecule has 0 aliphatic rings. The van der Waals surface area contributed by atoms with Crippen LogP contribution in [0.1, 0.15) is 13.8 Å². The van der Waals surface area contributed by atoms with Crippen LogP contribution in [0.3, 0.4) is 0 Å².